The number of hydrogen-bond acceptors (Lipinski definition) is 3. The Balaban J connectivity index is 3.04. The van der Waals surface area contributed by atoms with Gasteiger partial charge in [0.15, 0.2) is 0 Å². The second kappa shape index (κ2) is 5.37. The maximum Gasteiger partial charge on any atom is 0.433 e. The summed E-state index contributed by atoms with van der Waals surface area (Å²) < 4.78 is 84.6. The second-order valence-corrected chi connectivity index (χ2v) is 5.60. The minimum atomic E-state index is -4.70. The highest BCUT2D eigenvalue weighted by Gasteiger charge is 2.33. The molecule has 1 heterocycles. The largest absolute Gasteiger partial charge is 0.433 e. The highest BCUT2D eigenvalue weighted by molar-refractivity contribution is 7.89. The number of hydrogen-bond donors (Lipinski definition) is 0. The molecule has 0 radical (unpaired) electrons. The van der Waals surface area contributed by atoms with Crippen molar-refractivity contribution in [1.29, 1.82) is 0 Å². The van der Waals surface area contributed by atoms with Crippen molar-refractivity contribution in [2.45, 2.75) is 17.5 Å². The van der Waals surface area contributed by atoms with Gasteiger partial charge >= 0.3 is 6.18 Å². The average Bonchev–Trinajstić information content (AvgIpc) is 2.27. The first-order chi connectivity index (χ1) is 8.55. The molecule has 4 nitrogen and oxygen atoms in total. The predicted octanol–water partition coefficient (Wildman–Crippen LogP) is 1.99. The minimum absolute atomic E-state index is 0.349. The standard InChI is InChI=1S/C9H9F5N2O2S/c1-16(5-8(10)11)19(17,18)6-2-3-7(15-4-6)9(12,13)14/h2-4,8H,5H2,1H3. The Kier molecular flexibility index (Phi) is 4.46. The molecular formula is C9H9F5N2O2S. The summed E-state index contributed by atoms with van der Waals surface area (Å²) in [6.45, 7) is -1.05. The molecule has 10 heteroatoms. The van der Waals surface area contributed by atoms with Crippen LogP contribution in [-0.4, -0.2) is 37.7 Å². The molecule has 0 fully saturated rings. The fourth-order valence-corrected chi connectivity index (χ4v) is 2.27. The topological polar surface area (TPSA) is 50.3 Å². The van der Waals surface area contributed by atoms with Crippen molar-refractivity contribution in [1.82, 2.24) is 9.29 Å². The maximum atomic E-state index is 12.2. The van der Waals surface area contributed by atoms with Crippen LogP contribution in [0.2, 0.25) is 0 Å². The predicted molar refractivity (Wildman–Crippen MR) is 55.1 cm³/mol. The van der Waals surface area contributed by atoms with Gasteiger partial charge in [0.1, 0.15) is 10.6 Å². The molecule has 1 aromatic heterocycles. The highest BCUT2D eigenvalue weighted by atomic mass is 32.2. The number of aromatic nitrogens is 1. The summed E-state index contributed by atoms with van der Waals surface area (Å²) in [5.74, 6) is 0. The van der Waals surface area contributed by atoms with Gasteiger partial charge in [-0.05, 0) is 12.1 Å². The third-order valence-electron chi connectivity index (χ3n) is 2.13. The second-order valence-electron chi connectivity index (χ2n) is 3.55. The van der Waals surface area contributed by atoms with Crippen LogP contribution in [0.5, 0.6) is 0 Å². The molecule has 0 unspecified atom stereocenters. The Morgan fingerprint density at radius 1 is 1.32 bits per heavy atom. The van der Waals surface area contributed by atoms with Gasteiger partial charge in [-0.2, -0.15) is 17.5 Å². The van der Waals surface area contributed by atoms with E-state index in [2.05, 4.69) is 4.98 Å². The number of alkyl halides is 5. The van der Waals surface area contributed by atoms with E-state index in [9.17, 15) is 30.4 Å². The summed E-state index contributed by atoms with van der Waals surface area (Å²) >= 11 is 0. The van der Waals surface area contributed by atoms with Gasteiger partial charge in [-0.1, -0.05) is 0 Å². The Bertz CT molecular complexity index is 527. The van der Waals surface area contributed by atoms with E-state index in [1.807, 2.05) is 0 Å². The van der Waals surface area contributed by atoms with Gasteiger partial charge in [-0.25, -0.2) is 17.2 Å². The van der Waals surface area contributed by atoms with Crippen LogP contribution in [0.4, 0.5) is 22.0 Å². The van der Waals surface area contributed by atoms with Gasteiger partial charge in [0.2, 0.25) is 10.0 Å². The molecule has 0 saturated carbocycles. The Hall–Kier alpha value is -1.29. The molecule has 19 heavy (non-hydrogen) atoms. The SMILES string of the molecule is CN(CC(F)F)S(=O)(=O)c1ccc(C(F)(F)F)nc1. The molecule has 1 aromatic rings. The summed E-state index contributed by atoms with van der Waals surface area (Å²) in [6.07, 6.45) is -7.10. The van der Waals surface area contributed by atoms with E-state index in [1.165, 1.54) is 0 Å². The third kappa shape index (κ3) is 3.83. The van der Waals surface area contributed by atoms with E-state index >= 15 is 0 Å². The number of nitrogens with zero attached hydrogens (tertiary/aromatic N) is 2. The molecule has 0 atom stereocenters. The van der Waals surface area contributed by atoms with Gasteiger partial charge < -0.3 is 0 Å². The van der Waals surface area contributed by atoms with Gasteiger partial charge in [-0.3, -0.25) is 4.98 Å². The maximum absolute atomic E-state index is 12.2. The summed E-state index contributed by atoms with van der Waals surface area (Å²) in [5.41, 5.74) is -1.26. The van der Waals surface area contributed by atoms with Crippen LogP contribution in [0.25, 0.3) is 0 Å². The van der Waals surface area contributed by atoms with Crippen LogP contribution in [0.15, 0.2) is 23.2 Å². The van der Waals surface area contributed by atoms with Crippen LogP contribution < -0.4 is 0 Å². The lowest BCUT2D eigenvalue weighted by Gasteiger charge is -2.16. The van der Waals surface area contributed by atoms with Crippen molar-refractivity contribution < 1.29 is 30.4 Å². The lowest BCUT2D eigenvalue weighted by molar-refractivity contribution is -0.141. The normalized spacial score (nSPS) is 13.3. The fourth-order valence-electron chi connectivity index (χ4n) is 1.17. The lowest BCUT2D eigenvalue weighted by Crippen LogP contribution is -2.31. The first kappa shape index (κ1) is 15.8. The fraction of sp³-hybridized carbons (Fsp3) is 0.444. The number of rotatable bonds is 4. The van der Waals surface area contributed by atoms with Crippen molar-refractivity contribution in [3.63, 3.8) is 0 Å². The van der Waals surface area contributed by atoms with Crippen LogP contribution in [0, 0.1) is 0 Å². The monoisotopic (exact) mass is 304 g/mol. The zero-order valence-corrected chi connectivity index (χ0v) is 10.3. The van der Waals surface area contributed by atoms with Crippen LogP contribution in [-0.2, 0) is 16.2 Å². The smallest absolute Gasteiger partial charge is 0.250 e. The molecule has 0 bridgehead atoms. The van der Waals surface area contributed by atoms with Gasteiger partial charge in [0, 0.05) is 13.2 Å². The lowest BCUT2D eigenvalue weighted by atomic mass is 10.3. The number of halogens is 5. The van der Waals surface area contributed by atoms with E-state index in [1.54, 1.807) is 0 Å². The first-order valence-corrected chi connectivity index (χ1v) is 6.27. The van der Waals surface area contributed by atoms with Gasteiger partial charge in [0.25, 0.3) is 6.43 Å². The minimum Gasteiger partial charge on any atom is -0.250 e. The summed E-state index contributed by atoms with van der Waals surface area (Å²) in [6, 6.07) is 1.15. The number of sulfonamides is 1. The molecule has 0 spiro atoms. The summed E-state index contributed by atoms with van der Waals surface area (Å²) in [7, 11) is -3.37. The molecule has 0 amide bonds. The third-order valence-corrected chi connectivity index (χ3v) is 3.94. The van der Waals surface area contributed by atoms with E-state index in [4.69, 9.17) is 0 Å². The zero-order chi connectivity index (χ0) is 14.8. The molecule has 0 aromatic carbocycles. The van der Waals surface area contributed by atoms with Crippen LogP contribution >= 0.6 is 0 Å². The molecule has 1 rings (SSSR count). The summed E-state index contributed by atoms with van der Waals surface area (Å²) in [5, 5.41) is 0. The van der Waals surface area contributed by atoms with Gasteiger partial charge in [0.05, 0.1) is 6.54 Å². The Labute approximate surface area is 105 Å². The van der Waals surface area contributed by atoms with Crippen molar-refractivity contribution >= 4 is 10.0 Å². The average molecular weight is 304 g/mol. The molecule has 0 aliphatic heterocycles. The first-order valence-electron chi connectivity index (χ1n) is 4.83. The van der Waals surface area contributed by atoms with E-state index in [0.29, 0.717) is 22.6 Å². The number of pyridine rings is 1. The quantitative estimate of drug-likeness (QED) is 0.799. The van der Waals surface area contributed by atoms with Crippen molar-refractivity contribution in [2.75, 3.05) is 13.6 Å². The Morgan fingerprint density at radius 3 is 2.26 bits per heavy atom. The molecule has 0 aliphatic rings. The van der Waals surface area contributed by atoms with E-state index in [-0.39, 0.29) is 0 Å². The zero-order valence-electron chi connectivity index (χ0n) is 9.53. The molecule has 0 aliphatic carbocycles. The molecule has 0 N–H and O–H groups in total. The van der Waals surface area contributed by atoms with Gasteiger partial charge in [-0.15, -0.1) is 0 Å². The summed E-state index contributed by atoms with van der Waals surface area (Å²) in [4.78, 5) is 2.38. The highest BCUT2D eigenvalue weighted by Crippen LogP contribution is 2.28. The van der Waals surface area contributed by atoms with E-state index < -0.39 is 39.8 Å². The Morgan fingerprint density at radius 2 is 1.89 bits per heavy atom. The van der Waals surface area contributed by atoms with Crippen LogP contribution in [0.1, 0.15) is 5.69 Å². The van der Waals surface area contributed by atoms with Crippen molar-refractivity contribution in [3.05, 3.63) is 24.0 Å². The molecule has 108 valence electrons. The van der Waals surface area contributed by atoms with Crippen molar-refractivity contribution in [2.24, 2.45) is 0 Å². The van der Waals surface area contributed by atoms with Crippen LogP contribution in [0.3, 0.4) is 0 Å². The van der Waals surface area contributed by atoms with E-state index in [0.717, 1.165) is 7.05 Å². The molecular weight excluding hydrogens is 295 g/mol. The van der Waals surface area contributed by atoms with Crippen molar-refractivity contribution in [3.8, 4) is 0 Å². The molecule has 0 saturated heterocycles.